The zero-order chi connectivity index (χ0) is 21.5. The van der Waals surface area contributed by atoms with E-state index in [-0.39, 0.29) is 5.46 Å². The average molecular weight is 285 g/mol. The summed E-state index contributed by atoms with van der Waals surface area (Å²) in [5.74, 6) is -0.721. The first-order valence-electron chi connectivity index (χ1n) is 10.2. The highest BCUT2D eigenvalue weighted by Gasteiger charge is 2.51. The molecule has 0 spiro atoms. The third kappa shape index (κ3) is 2.43. The van der Waals surface area contributed by atoms with Gasteiger partial charge in [0.15, 0.2) is 0 Å². The van der Waals surface area contributed by atoms with Crippen LogP contribution in [-0.4, -0.2) is 42.5 Å². The number of ether oxygens (including phenoxy) is 2. The Morgan fingerprint density at radius 3 is 2.60 bits per heavy atom. The van der Waals surface area contributed by atoms with E-state index in [1.807, 2.05) is 0 Å². The molecule has 2 saturated heterocycles. The Kier molecular flexibility index (Phi) is 1.71. The van der Waals surface area contributed by atoms with Crippen molar-refractivity contribution in [3.8, 4) is 5.88 Å². The van der Waals surface area contributed by atoms with Crippen LogP contribution in [0.4, 0.5) is 0 Å². The molecule has 0 amide bonds. The Labute approximate surface area is 131 Å². The maximum atomic E-state index is 8.21. The number of pyridine rings is 1. The van der Waals surface area contributed by atoms with E-state index in [0.29, 0.717) is 0 Å². The summed E-state index contributed by atoms with van der Waals surface area (Å²) in [6, 6.07) is -1.15. The molecule has 0 N–H and O–H groups in total. The van der Waals surface area contributed by atoms with Crippen molar-refractivity contribution in [1.29, 1.82) is 0 Å². The highest BCUT2D eigenvalue weighted by molar-refractivity contribution is 6.62. The lowest BCUT2D eigenvalue weighted by atomic mass is 9.80. The van der Waals surface area contributed by atoms with Crippen LogP contribution in [0.25, 0.3) is 0 Å². The highest BCUT2D eigenvalue weighted by Crippen LogP contribution is 2.36. The molecule has 0 atom stereocenters. The minimum absolute atomic E-state index is 0.106. The van der Waals surface area contributed by atoms with Crippen LogP contribution >= 0.6 is 0 Å². The van der Waals surface area contributed by atoms with E-state index in [0.717, 1.165) is 0 Å². The van der Waals surface area contributed by atoms with Gasteiger partial charge in [0.05, 0.1) is 35.3 Å². The van der Waals surface area contributed by atoms with Crippen molar-refractivity contribution >= 4 is 12.6 Å². The molecule has 3 heterocycles. The number of aromatic nitrogens is 1. The van der Waals surface area contributed by atoms with Crippen LogP contribution in [0.2, 0.25) is 0 Å². The van der Waals surface area contributed by atoms with Crippen molar-refractivity contribution in [1.82, 2.24) is 4.98 Å². The van der Waals surface area contributed by atoms with Crippen LogP contribution < -0.4 is 10.2 Å². The van der Waals surface area contributed by atoms with Gasteiger partial charge in [0.1, 0.15) is 6.08 Å². The average Bonchev–Trinajstić information content (AvgIpc) is 2.71. The fraction of sp³-hybridized carbons (Fsp3) is 0.643. The molecule has 108 valence electrons. The monoisotopic (exact) mass is 285 g/mol. The summed E-state index contributed by atoms with van der Waals surface area (Å²) in [4.78, 5) is 3.74. The number of nitrogens with zero attached hydrogens (tertiary/aromatic N) is 1. The lowest BCUT2D eigenvalue weighted by molar-refractivity contribution is -0.0813. The van der Waals surface area contributed by atoms with Gasteiger partial charge in [0, 0.05) is 11.6 Å². The predicted octanol–water partition coefficient (Wildman–Crippen LogP) is 1.16. The van der Waals surface area contributed by atoms with Crippen molar-refractivity contribution in [3.63, 3.8) is 0 Å². The zero-order valence-electron chi connectivity index (χ0n) is 19.7. The first-order valence-corrected chi connectivity index (χ1v) is 6.18. The summed E-state index contributed by atoms with van der Waals surface area (Å²) in [6.07, 6.45) is -3.37. The van der Waals surface area contributed by atoms with Crippen molar-refractivity contribution in [3.05, 3.63) is 18.3 Å². The smallest absolute Gasteiger partial charge is 0.469 e. The van der Waals surface area contributed by atoms with Gasteiger partial charge in [0.25, 0.3) is 0 Å². The van der Waals surface area contributed by atoms with Gasteiger partial charge in [-0.1, -0.05) is 6.04 Å². The molecule has 20 heavy (non-hydrogen) atoms. The van der Waals surface area contributed by atoms with Gasteiger partial charge < -0.3 is 18.8 Å². The van der Waals surface area contributed by atoms with Gasteiger partial charge in [-0.05, 0) is 33.7 Å². The van der Waals surface area contributed by atoms with Gasteiger partial charge in [-0.15, -0.1) is 0 Å². The molecular formula is C14H20BNO4. The Bertz CT molecular complexity index is 804. The van der Waals surface area contributed by atoms with Crippen LogP contribution in [0.1, 0.15) is 38.7 Å². The van der Waals surface area contributed by atoms with Gasteiger partial charge >= 0.3 is 7.12 Å². The first-order chi connectivity index (χ1) is 12.5. The second-order valence-electron chi connectivity index (χ2n) is 5.52. The van der Waals surface area contributed by atoms with Crippen molar-refractivity contribution < 1.29 is 29.7 Å². The molecule has 0 bridgehead atoms. The van der Waals surface area contributed by atoms with E-state index in [9.17, 15) is 0 Å². The summed E-state index contributed by atoms with van der Waals surface area (Å²) < 4.78 is 83.6. The molecule has 0 radical (unpaired) electrons. The van der Waals surface area contributed by atoms with E-state index in [1.165, 1.54) is 0 Å². The van der Waals surface area contributed by atoms with E-state index in [4.69, 9.17) is 25.0 Å². The second-order valence-corrected chi connectivity index (χ2v) is 5.52. The maximum Gasteiger partial charge on any atom is 0.496 e. The second kappa shape index (κ2) is 4.72. The van der Waals surface area contributed by atoms with E-state index in [2.05, 4.69) is 9.72 Å². The van der Waals surface area contributed by atoms with Crippen LogP contribution in [0.3, 0.4) is 0 Å². The molecule has 0 aliphatic carbocycles. The van der Waals surface area contributed by atoms with Crippen LogP contribution in [-0.2, 0) is 14.0 Å². The fourth-order valence-electron chi connectivity index (χ4n) is 1.64. The molecule has 2 aliphatic rings. The predicted molar refractivity (Wildman–Crippen MR) is 75.2 cm³/mol. The summed E-state index contributed by atoms with van der Waals surface area (Å²) >= 11 is 0. The molecule has 5 nitrogen and oxygen atoms in total. The first kappa shape index (κ1) is 7.25. The van der Waals surface area contributed by atoms with E-state index >= 15 is 0 Å². The molecule has 6 heteroatoms. The Balaban J connectivity index is 1.99. The Morgan fingerprint density at radius 1 is 1.35 bits per heavy atom. The molecule has 0 unspecified atom stereocenters. The molecule has 3 rings (SSSR count). The quantitative estimate of drug-likeness (QED) is 0.780. The molecular weight excluding hydrogens is 257 g/mol. The number of hydrogen-bond acceptors (Lipinski definition) is 5. The molecule has 1 aromatic rings. The molecule has 0 aromatic carbocycles. The van der Waals surface area contributed by atoms with E-state index < -0.39 is 61.7 Å². The summed E-state index contributed by atoms with van der Waals surface area (Å²) in [6.45, 7) is 1.54. The molecule has 2 aliphatic heterocycles. The largest absolute Gasteiger partial charge is 0.496 e. The Hall–Kier alpha value is -1.11. The van der Waals surface area contributed by atoms with Gasteiger partial charge in [-0.25, -0.2) is 4.98 Å². The minimum atomic E-state index is -2.85. The van der Waals surface area contributed by atoms with Gasteiger partial charge in [-0.2, -0.15) is 0 Å². The summed E-state index contributed by atoms with van der Waals surface area (Å²) in [5.41, 5.74) is -1.59. The minimum Gasteiger partial charge on any atom is -0.469 e. The summed E-state index contributed by atoms with van der Waals surface area (Å²) in [7, 11) is -1.12. The third-order valence-corrected chi connectivity index (χ3v) is 3.56. The van der Waals surface area contributed by atoms with Crippen molar-refractivity contribution in [2.45, 2.75) is 45.0 Å². The Morgan fingerprint density at radius 2 is 2.00 bits per heavy atom. The van der Waals surface area contributed by atoms with Crippen LogP contribution in [0, 0.1) is 0 Å². The number of rotatable bonds is 3. The summed E-state index contributed by atoms with van der Waals surface area (Å²) in [5, 5.41) is 0. The van der Waals surface area contributed by atoms with Gasteiger partial charge in [-0.3, -0.25) is 0 Å². The van der Waals surface area contributed by atoms with Crippen molar-refractivity contribution in [2.75, 3.05) is 13.1 Å². The maximum absolute atomic E-state index is 8.21. The topological polar surface area (TPSA) is 49.8 Å². The van der Waals surface area contributed by atoms with E-state index in [1.54, 1.807) is 27.7 Å². The standard InChI is InChI=1S/C14H20BNO4/c1-13(2)14(3,4)20-15(19-13)10-5-6-12(16-7-10)18-11-8-17-9-11/h5-7,11H,8-9H2,1-4H3/i5D,6D,7D,8D2,9D2,11D. The lowest BCUT2D eigenvalue weighted by Gasteiger charge is -2.32. The lowest BCUT2D eigenvalue weighted by Crippen LogP contribution is -2.41. The molecule has 1 aromatic heterocycles. The fourth-order valence-corrected chi connectivity index (χ4v) is 1.64. The highest BCUT2D eigenvalue weighted by atomic mass is 16.7. The van der Waals surface area contributed by atoms with Crippen LogP contribution in [0.15, 0.2) is 18.3 Å². The normalized spacial score (nSPS) is 36.9. The molecule has 0 saturated carbocycles. The SMILES string of the molecule is [2H]c1nc(OC2([2H])C([2H])([2H])OC2([2H])[2H])c([2H])c([2H])c1B1OC(C)(C)C(C)(C)O1. The van der Waals surface area contributed by atoms with Crippen molar-refractivity contribution in [2.24, 2.45) is 0 Å². The number of hydrogen-bond donors (Lipinski definition) is 0. The van der Waals surface area contributed by atoms with Gasteiger partial charge in [0.2, 0.25) is 5.88 Å². The molecule has 2 fully saturated rings. The zero-order valence-corrected chi connectivity index (χ0v) is 11.7. The third-order valence-electron chi connectivity index (χ3n) is 3.56. The van der Waals surface area contributed by atoms with Crippen LogP contribution in [0.5, 0.6) is 5.88 Å².